The maximum atomic E-state index is 12.3. The molecule has 0 fully saturated rings. The van der Waals surface area contributed by atoms with Crippen LogP contribution in [0.4, 0.5) is 0 Å². The maximum absolute atomic E-state index is 12.3. The molecule has 0 aliphatic carbocycles. The van der Waals surface area contributed by atoms with Gasteiger partial charge >= 0.3 is 11.9 Å². The van der Waals surface area contributed by atoms with E-state index in [-0.39, 0.29) is 85.4 Å². The summed E-state index contributed by atoms with van der Waals surface area (Å²) in [6, 6.07) is 24.9. The van der Waals surface area contributed by atoms with Crippen molar-refractivity contribution < 1.29 is 117 Å². The molecule has 4 aromatic carbocycles. The van der Waals surface area contributed by atoms with E-state index in [0.29, 0.717) is 53.2 Å². The number of aliphatic carboxylic acids is 1. The minimum atomic E-state index is -1.27. The van der Waals surface area contributed by atoms with E-state index in [0.717, 1.165) is 7.11 Å². The fourth-order valence-corrected chi connectivity index (χ4v) is 7.95. The van der Waals surface area contributed by atoms with Crippen LogP contribution >= 0.6 is 0 Å². The molecule has 0 bridgehead atoms. The summed E-state index contributed by atoms with van der Waals surface area (Å²) in [5.74, 6) is 6.27. The van der Waals surface area contributed by atoms with Gasteiger partial charge in [-0.1, -0.05) is 97.9 Å². The smallest absolute Gasteiger partial charge is 0.338 e. The van der Waals surface area contributed by atoms with Gasteiger partial charge in [0.15, 0.2) is 36.6 Å². The van der Waals surface area contributed by atoms with Gasteiger partial charge in [0.1, 0.15) is 5.60 Å². The minimum Gasteiger partial charge on any atom is -0.479 e. The molecule has 0 saturated heterocycles. The molecule has 592 valence electrons. The van der Waals surface area contributed by atoms with Gasteiger partial charge in [-0.25, -0.2) is 41.0 Å². The van der Waals surface area contributed by atoms with Crippen LogP contribution in [0.3, 0.4) is 0 Å². The summed E-state index contributed by atoms with van der Waals surface area (Å²) >= 11 is 0. The number of nitrogens with zero attached hydrogens (tertiary/aromatic N) is 3. The van der Waals surface area contributed by atoms with Crippen molar-refractivity contribution >= 4 is 82.8 Å². The standard InChI is InChI=1S/C22H34N4O6.C15H18N2O4.C15H17NO5.C11H9NO5.C7H16N2O2.CH4O.H4N2.H2O/c1-13(2)11-23-19(27)15(5)31-25-21(29)17-8-7-9-18(10-17)22(30)26-32-16(6)20(28)24-12-14(3)4;1-9(2)8-16-13(18)10(3)21-17-14(19)11-6-4-5-7-12(11)15(17)20;1-9(14(19)20-15(2,3)4)21-16-12(17)10-7-5-6-8-11(10)13(16)18;1-6(11(15)16)17-12-9(13)7-4-2-3-5-8(7)10(12)14;1-5(2)4-9-7(10)6(3)11-8;2*1-2;/h7-10,13-16H,11-12H2,1-6H3,(H,23,27)(H,24,28)(H,25,29)(H,26,30);4-7,9-10H,8H2,1-3H3,(H,16,18);5-9H,1-4H3;2-6H,1H3,(H,15,16);5-6H,4,8H2,1-3H3,(H,9,10);2H,1H3;1-2H2;1H2/t15-,16-;10-;9-;2*6-;;;/m10000.../s1. The van der Waals surface area contributed by atoms with Crippen LogP contribution in [-0.2, 0) is 62.5 Å². The summed E-state index contributed by atoms with van der Waals surface area (Å²) in [6.07, 6.45) is -5.59. The zero-order valence-electron chi connectivity index (χ0n) is 63.4. The van der Waals surface area contributed by atoms with Crippen molar-refractivity contribution in [3.8, 4) is 0 Å². The van der Waals surface area contributed by atoms with E-state index in [9.17, 15) is 67.1 Å². The number of ether oxygens (including phenoxy) is 1. The lowest BCUT2D eigenvalue weighted by atomic mass is 10.1. The molecule has 0 saturated carbocycles. The SMILES string of the molecule is CC(C)CNC(=O)[C@@H](C)ONC(=O)c1cccc(C(=O)NO[C@H](C)C(=O)NCC(C)C)c1.CC(C)CNC(=O)[C@H](C)ON.CC(C)CNC(=O)[C@H](C)ON1C(=O)c2ccccc2C1=O.CO.C[C@H](ON1C(=O)c2ccccc2C1=O)C(=O)O.C[C@H](ON1C(=O)c2ccccc2C1=O)C(=O)OC(C)(C)C.NN.O. The summed E-state index contributed by atoms with van der Waals surface area (Å²) < 4.78 is 5.14. The van der Waals surface area contributed by atoms with Crippen molar-refractivity contribution in [3.63, 3.8) is 0 Å². The van der Waals surface area contributed by atoms with E-state index in [1.807, 2.05) is 55.4 Å². The third-order valence-electron chi connectivity index (χ3n) is 13.6. The van der Waals surface area contributed by atoms with Gasteiger partial charge in [-0.05, 0) is 141 Å². The highest BCUT2D eigenvalue weighted by molar-refractivity contribution is 6.22. The van der Waals surface area contributed by atoms with Crippen molar-refractivity contribution in [1.29, 1.82) is 0 Å². The third kappa shape index (κ3) is 32.1. The summed E-state index contributed by atoms with van der Waals surface area (Å²) in [5.41, 5.74) is 5.58. The Morgan fingerprint density at radius 1 is 0.402 bits per heavy atom. The van der Waals surface area contributed by atoms with E-state index in [1.165, 1.54) is 83.1 Å². The Kier molecular flexibility index (Phi) is 43.3. The van der Waals surface area contributed by atoms with Gasteiger partial charge in [-0.2, -0.15) is 0 Å². The van der Waals surface area contributed by atoms with Crippen LogP contribution in [-0.4, -0.2) is 189 Å². The monoisotopic (exact) mass is 1510 g/mol. The van der Waals surface area contributed by atoms with E-state index in [2.05, 4.69) is 48.8 Å². The highest BCUT2D eigenvalue weighted by Crippen LogP contribution is 2.26. The van der Waals surface area contributed by atoms with Crippen molar-refractivity contribution in [2.24, 2.45) is 41.3 Å². The molecule has 6 atom stereocenters. The van der Waals surface area contributed by atoms with Gasteiger partial charge < -0.3 is 41.7 Å². The number of carboxylic acids is 1. The Morgan fingerprint density at radius 2 is 0.654 bits per heavy atom. The number of carbonyl (C=O) groups is 14. The molecule has 0 radical (unpaired) electrons. The molecule has 0 spiro atoms. The maximum Gasteiger partial charge on any atom is 0.338 e. The topological polar surface area (TPSA) is 536 Å². The zero-order valence-corrected chi connectivity index (χ0v) is 63.4. The van der Waals surface area contributed by atoms with E-state index >= 15 is 0 Å². The van der Waals surface area contributed by atoms with Gasteiger partial charge in [0, 0.05) is 44.4 Å². The van der Waals surface area contributed by atoms with Crippen molar-refractivity contribution in [3.05, 3.63) is 142 Å². The molecule has 3 aliphatic heterocycles. The molecular weight excluding hydrogens is 1400 g/mol. The van der Waals surface area contributed by atoms with Crippen molar-refractivity contribution in [1.82, 2.24) is 47.4 Å². The second-order valence-electron chi connectivity index (χ2n) is 25.8. The molecule has 36 nitrogen and oxygen atoms in total. The number of imide groups is 3. The van der Waals surface area contributed by atoms with Gasteiger partial charge in [-0.15, -0.1) is 15.2 Å². The molecule has 4 aromatic rings. The summed E-state index contributed by atoms with van der Waals surface area (Å²) in [5, 5.41) is 28.2. The molecule has 3 aliphatic rings. The van der Waals surface area contributed by atoms with Crippen molar-refractivity contribution in [2.75, 3.05) is 33.3 Å². The Labute approximate surface area is 620 Å². The molecule has 7 rings (SSSR count). The quantitative estimate of drug-likeness (QED) is 0.0177. The molecule has 0 aromatic heterocycles. The number of carbonyl (C=O) groups excluding carboxylic acids is 13. The fourth-order valence-electron chi connectivity index (χ4n) is 7.95. The number of hydrogen-bond donors (Lipinski definition) is 11. The number of aliphatic hydroxyl groups excluding tert-OH is 1. The summed E-state index contributed by atoms with van der Waals surface area (Å²) in [7, 11) is 1.00. The predicted molar refractivity (Wildman–Crippen MR) is 385 cm³/mol. The summed E-state index contributed by atoms with van der Waals surface area (Å²) in [4.78, 5) is 195. The van der Waals surface area contributed by atoms with Gasteiger partial charge in [0.2, 0.25) is 0 Å². The predicted octanol–water partition coefficient (Wildman–Crippen LogP) is 2.98. The third-order valence-corrected chi connectivity index (χ3v) is 13.6. The lowest BCUT2D eigenvalue weighted by molar-refractivity contribution is -0.186. The Bertz CT molecular complexity index is 3490. The lowest BCUT2D eigenvalue weighted by Crippen LogP contribution is -2.42. The molecule has 0 unspecified atom stereocenters. The molecule has 107 heavy (non-hydrogen) atoms. The number of esters is 1. The van der Waals surface area contributed by atoms with Crippen LogP contribution in [0.1, 0.15) is 201 Å². The molecule has 16 N–H and O–H groups in total. The number of hydroxylamine groups is 8. The van der Waals surface area contributed by atoms with E-state index < -0.39 is 101 Å². The average Bonchev–Trinajstić information content (AvgIpc) is 1.65. The zero-order chi connectivity index (χ0) is 81.0. The number of carboxylic acid groups (broad SMARTS) is 1. The number of rotatable bonds is 27. The van der Waals surface area contributed by atoms with Crippen LogP contribution in [0.2, 0.25) is 0 Å². The van der Waals surface area contributed by atoms with Crippen molar-refractivity contribution in [2.45, 2.75) is 160 Å². The number of amides is 12. The number of nitrogens with two attached hydrogens (primary N) is 3. The Balaban J connectivity index is 0.00000134. The highest BCUT2D eigenvalue weighted by atomic mass is 16.7. The second-order valence-corrected chi connectivity index (χ2v) is 25.8. The van der Waals surface area contributed by atoms with E-state index in [4.69, 9.17) is 45.0 Å². The first-order valence-electron chi connectivity index (χ1n) is 33.4. The van der Waals surface area contributed by atoms with Crippen LogP contribution < -0.4 is 49.8 Å². The number of fused-ring (bicyclic) bond motifs is 3. The van der Waals surface area contributed by atoms with Gasteiger partial charge in [-0.3, -0.25) is 83.7 Å². The fraction of sp³-hybridized carbons (Fsp3) is 0.465. The molecule has 3 heterocycles. The average molecular weight is 1510 g/mol. The van der Waals surface area contributed by atoms with Gasteiger partial charge in [0.05, 0.1) is 33.4 Å². The minimum absolute atomic E-state index is 0. The van der Waals surface area contributed by atoms with Crippen LogP contribution in [0, 0.1) is 23.7 Å². The highest BCUT2D eigenvalue weighted by Gasteiger charge is 2.41. The lowest BCUT2D eigenvalue weighted by Gasteiger charge is -2.23. The largest absolute Gasteiger partial charge is 0.479 e. The number of aliphatic hydroxyl groups is 1. The number of hydrogen-bond acceptors (Lipinski definition) is 25. The number of hydrazine groups is 1. The Hall–Kier alpha value is -10.4. The second kappa shape index (κ2) is 47.9. The van der Waals surface area contributed by atoms with Gasteiger partial charge in [0.25, 0.3) is 70.9 Å². The van der Waals surface area contributed by atoms with Crippen LogP contribution in [0.25, 0.3) is 0 Å². The summed E-state index contributed by atoms with van der Waals surface area (Å²) in [6.45, 7) is 32.0. The van der Waals surface area contributed by atoms with Crippen LogP contribution in [0.5, 0.6) is 0 Å². The first-order chi connectivity index (χ1) is 49.7. The number of nitrogens with one attached hydrogen (secondary N) is 6. The van der Waals surface area contributed by atoms with Crippen LogP contribution in [0.15, 0.2) is 97.1 Å². The molecule has 36 heteroatoms. The first kappa shape index (κ1) is 96.6. The van der Waals surface area contributed by atoms with E-state index in [1.54, 1.807) is 76.2 Å². The molecule has 12 amide bonds. The number of benzene rings is 4. The normalized spacial score (nSPS) is 13.9. The Morgan fingerprint density at radius 3 is 0.907 bits per heavy atom. The molecular formula is C71H104N12O24. The first-order valence-corrected chi connectivity index (χ1v) is 33.4.